The molecule has 0 bridgehead atoms. The van der Waals surface area contributed by atoms with E-state index in [1.165, 1.54) is 179 Å². The second-order valence-electron chi connectivity index (χ2n) is 24.0. The van der Waals surface area contributed by atoms with E-state index >= 15 is 0 Å². The van der Waals surface area contributed by atoms with E-state index in [4.69, 9.17) is 0 Å². The van der Waals surface area contributed by atoms with Gasteiger partial charge in [0.2, 0.25) is 0 Å². The highest BCUT2D eigenvalue weighted by Gasteiger charge is 2.47. The number of aryl methyl sites for hydroxylation is 1. The van der Waals surface area contributed by atoms with E-state index in [9.17, 15) is 0 Å². The van der Waals surface area contributed by atoms with Crippen molar-refractivity contribution in [3.8, 4) is 72.4 Å². The van der Waals surface area contributed by atoms with Crippen LogP contribution in [0.4, 0.5) is 0 Å². The van der Waals surface area contributed by atoms with E-state index in [1.54, 1.807) is 16.7 Å². The molecule has 10 aromatic carbocycles. The minimum Gasteiger partial charge on any atom is -0.309 e. The molecule has 1 aromatic heterocycles. The Balaban J connectivity index is 0.648. The Labute approximate surface area is 453 Å². The van der Waals surface area contributed by atoms with Gasteiger partial charge in [-0.25, -0.2) is 0 Å². The molecule has 0 atom stereocenters. The lowest BCUT2D eigenvalue weighted by Crippen LogP contribution is -2.21. The summed E-state index contributed by atoms with van der Waals surface area (Å²) in [5, 5.41) is 2.55. The summed E-state index contributed by atoms with van der Waals surface area (Å²) in [7, 11) is 0. The minimum absolute atomic E-state index is 0.0548. The van der Waals surface area contributed by atoms with Crippen LogP contribution in [0.15, 0.2) is 206 Å². The van der Waals surface area contributed by atoms with E-state index in [0.29, 0.717) is 0 Å². The lowest BCUT2D eigenvalue weighted by atomic mass is 9.75. The summed E-state index contributed by atoms with van der Waals surface area (Å²) < 4.78 is 2.46. The summed E-state index contributed by atoms with van der Waals surface area (Å²) in [4.78, 5) is 0. The van der Waals surface area contributed by atoms with Crippen molar-refractivity contribution in [2.75, 3.05) is 0 Å². The topological polar surface area (TPSA) is 4.93 Å². The maximum Gasteiger partial charge on any atom is 0.0541 e. The predicted molar refractivity (Wildman–Crippen MR) is 324 cm³/mol. The standard InChI is InChI=1S/C76H61N/c1-48-16-32-60-61-34-28-55(45-70(61)75(68(60)42-48)38-8-9-39-75)56-29-35-63-62-33-27-54(44-69(62)76(71(63)46-56)40-10-11-41-76)52-25-21-50(22-26-52)18-17-49-19-23-51(24-20-49)53-30-37-73-65(43-53)64-13-5-7-15-72(64)77(73)57-31-36-59-58-12-4-6-14-66(58)74(2,3)67(59)47-57/h4-7,12-37,42-47H,8-11,38-41H2,1-3H3. The van der Waals surface area contributed by atoms with Crippen LogP contribution in [0, 0.1) is 6.92 Å². The van der Waals surface area contributed by atoms with Gasteiger partial charge in [-0.15, -0.1) is 0 Å². The van der Waals surface area contributed by atoms with Crippen LogP contribution in [-0.2, 0) is 16.2 Å². The predicted octanol–water partition coefficient (Wildman–Crippen LogP) is 20.3. The van der Waals surface area contributed by atoms with Crippen molar-refractivity contribution in [1.82, 2.24) is 4.57 Å². The highest BCUT2D eigenvalue weighted by molar-refractivity contribution is 6.10. The van der Waals surface area contributed by atoms with Crippen LogP contribution in [0.5, 0.6) is 0 Å². The highest BCUT2D eigenvalue weighted by atomic mass is 15.0. The first-order chi connectivity index (χ1) is 37.7. The molecule has 77 heavy (non-hydrogen) atoms. The summed E-state index contributed by atoms with van der Waals surface area (Å²) in [5.41, 5.74) is 32.9. The summed E-state index contributed by atoms with van der Waals surface area (Å²) >= 11 is 0. The van der Waals surface area contributed by atoms with E-state index < -0.39 is 0 Å². The number of hydrogen-bond donors (Lipinski definition) is 0. The quantitative estimate of drug-likeness (QED) is 0.146. The molecule has 0 amide bonds. The average Bonchev–Trinajstić information content (AvgIpc) is 4.54. The van der Waals surface area contributed by atoms with Crippen molar-refractivity contribution in [2.45, 2.75) is 88.4 Å². The van der Waals surface area contributed by atoms with Crippen molar-refractivity contribution >= 4 is 34.0 Å². The molecule has 16 rings (SSSR count). The van der Waals surface area contributed by atoms with Gasteiger partial charge in [0.25, 0.3) is 0 Å². The van der Waals surface area contributed by atoms with Crippen LogP contribution in [0.1, 0.15) is 115 Å². The maximum absolute atomic E-state index is 2.60. The third-order valence-corrected chi connectivity index (χ3v) is 19.6. The SMILES string of the molecule is Cc1ccc2c(c1)C1(CCCC1)c1cc(-c3ccc4c(c3)C3(CCCC3)c3cc(-c5ccc(C=Cc6ccc(-c7ccc8c(c7)c7ccccc7n8-c7ccc8c(c7)C(C)(C)c7ccccc7-8)cc6)cc5)ccc3-4)ccc1-2. The monoisotopic (exact) mass is 987 g/mol. The van der Waals surface area contributed by atoms with Crippen molar-refractivity contribution in [3.05, 3.63) is 256 Å². The second kappa shape index (κ2) is 16.6. The van der Waals surface area contributed by atoms with Gasteiger partial charge in [-0.2, -0.15) is 0 Å². The molecule has 1 nitrogen and oxygen atoms in total. The van der Waals surface area contributed by atoms with Crippen LogP contribution >= 0.6 is 0 Å². The zero-order valence-electron chi connectivity index (χ0n) is 44.4. The smallest absolute Gasteiger partial charge is 0.0541 e. The van der Waals surface area contributed by atoms with Gasteiger partial charge in [-0.3, -0.25) is 0 Å². The fourth-order valence-corrected chi connectivity index (χ4v) is 15.7. The van der Waals surface area contributed by atoms with Crippen LogP contribution in [0.2, 0.25) is 0 Å². The molecule has 1 heterocycles. The number of hydrogen-bond acceptors (Lipinski definition) is 0. The fourth-order valence-electron chi connectivity index (χ4n) is 15.7. The Kier molecular flexibility index (Phi) is 9.71. The van der Waals surface area contributed by atoms with E-state index in [1.807, 2.05) is 0 Å². The van der Waals surface area contributed by atoms with Crippen molar-refractivity contribution < 1.29 is 0 Å². The summed E-state index contributed by atoms with van der Waals surface area (Å²) in [6.07, 6.45) is 14.7. The van der Waals surface area contributed by atoms with Gasteiger partial charge in [-0.1, -0.05) is 215 Å². The molecule has 0 unspecified atom stereocenters. The van der Waals surface area contributed by atoms with E-state index in [-0.39, 0.29) is 16.2 Å². The molecule has 5 aliphatic carbocycles. The molecular formula is C76H61N. The van der Waals surface area contributed by atoms with E-state index in [2.05, 4.69) is 244 Å². The molecule has 2 fully saturated rings. The molecule has 2 saturated carbocycles. The Morgan fingerprint density at radius 1 is 0.338 bits per heavy atom. The lowest BCUT2D eigenvalue weighted by molar-refractivity contribution is 0.549. The number of aromatic nitrogens is 1. The minimum atomic E-state index is -0.0548. The Morgan fingerprint density at radius 3 is 1.36 bits per heavy atom. The van der Waals surface area contributed by atoms with Crippen LogP contribution in [0.25, 0.3) is 106 Å². The van der Waals surface area contributed by atoms with Gasteiger partial charge in [-0.05, 0) is 192 Å². The molecule has 0 saturated heterocycles. The summed E-state index contributed by atoms with van der Waals surface area (Å²) in [6.45, 7) is 6.98. The third kappa shape index (κ3) is 6.59. The first-order valence-corrected chi connectivity index (χ1v) is 28.5. The molecule has 0 N–H and O–H groups in total. The summed E-state index contributed by atoms with van der Waals surface area (Å²) in [6, 6.07) is 79.5. The number of fused-ring (bicyclic) bond motifs is 16. The molecule has 2 spiro atoms. The van der Waals surface area contributed by atoms with Gasteiger partial charge in [0.1, 0.15) is 0 Å². The molecule has 11 aromatic rings. The van der Waals surface area contributed by atoms with Crippen molar-refractivity contribution in [3.63, 3.8) is 0 Å². The average molecular weight is 988 g/mol. The molecular weight excluding hydrogens is 927 g/mol. The second-order valence-corrected chi connectivity index (χ2v) is 24.0. The van der Waals surface area contributed by atoms with Gasteiger partial charge in [0, 0.05) is 32.7 Å². The first-order valence-electron chi connectivity index (χ1n) is 28.5. The number of benzene rings is 10. The van der Waals surface area contributed by atoms with Gasteiger partial charge < -0.3 is 4.57 Å². The van der Waals surface area contributed by atoms with Gasteiger partial charge in [0.15, 0.2) is 0 Å². The Morgan fingerprint density at radius 2 is 0.766 bits per heavy atom. The van der Waals surface area contributed by atoms with Crippen molar-refractivity contribution in [2.24, 2.45) is 0 Å². The first kappa shape index (κ1) is 45.0. The highest BCUT2D eigenvalue weighted by Crippen LogP contribution is 2.60. The number of para-hydroxylation sites is 1. The molecule has 1 heteroatoms. The largest absolute Gasteiger partial charge is 0.309 e. The van der Waals surface area contributed by atoms with Crippen LogP contribution in [-0.4, -0.2) is 4.57 Å². The Bertz CT molecular complexity index is 4290. The molecule has 0 aliphatic heterocycles. The Hall–Kier alpha value is -8.26. The molecule has 0 radical (unpaired) electrons. The number of nitrogens with zero attached hydrogens (tertiary/aromatic N) is 1. The molecule has 5 aliphatic rings. The normalized spacial score (nSPS) is 16.6. The number of rotatable bonds is 6. The zero-order valence-corrected chi connectivity index (χ0v) is 44.4. The van der Waals surface area contributed by atoms with Crippen molar-refractivity contribution in [1.29, 1.82) is 0 Å². The maximum atomic E-state index is 2.60. The lowest BCUT2D eigenvalue weighted by Gasteiger charge is -2.28. The molecule has 370 valence electrons. The summed E-state index contributed by atoms with van der Waals surface area (Å²) in [5.74, 6) is 0. The fraction of sp³-hybridized carbons (Fsp3) is 0.184. The van der Waals surface area contributed by atoms with Crippen LogP contribution < -0.4 is 0 Å². The zero-order chi connectivity index (χ0) is 51.2. The third-order valence-electron chi connectivity index (χ3n) is 19.6. The van der Waals surface area contributed by atoms with Gasteiger partial charge in [0.05, 0.1) is 11.0 Å². The van der Waals surface area contributed by atoms with E-state index in [0.717, 1.165) is 0 Å². The van der Waals surface area contributed by atoms with Crippen LogP contribution in [0.3, 0.4) is 0 Å². The van der Waals surface area contributed by atoms with Gasteiger partial charge >= 0.3 is 0 Å².